The molecule has 28 heavy (non-hydrogen) atoms. The summed E-state index contributed by atoms with van der Waals surface area (Å²) < 4.78 is 0. The average Bonchev–Trinajstić information content (AvgIpc) is 3.25. The fourth-order valence-electron chi connectivity index (χ4n) is 2.79. The Morgan fingerprint density at radius 1 is 1.04 bits per heavy atom. The van der Waals surface area contributed by atoms with Crippen LogP contribution in [0.4, 0.5) is 10.8 Å². The second-order valence-corrected chi connectivity index (χ2v) is 6.76. The van der Waals surface area contributed by atoms with Crippen molar-refractivity contribution in [1.29, 1.82) is 0 Å². The molecule has 11 heteroatoms. The fraction of sp³-hybridized carbons (Fsp3) is 0.0588. The van der Waals surface area contributed by atoms with E-state index in [1.807, 2.05) is 23.1 Å². The molecule has 136 valence electrons. The van der Waals surface area contributed by atoms with Crippen LogP contribution >= 0.6 is 11.3 Å². The lowest BCUT2D eigenvalue weighted by Gasteiger charge is -2.21. The van der Waals surface area contributed by atoms with Gasteiger partial charge in [-0.25, -0.2) is 4.98 Å². The van der Waals surface area contributed by atoms with Gasteiger partial charge in [-0.2, -0.15) is 10.2 Å². The highest BCUT2D eigenvalue weighted by Crippen LogP contribution is 2.31. The molecule has 0 unspecified atom stereocenters. The maximum absolute atomic E-state index is 12.5. The second-order valence-electron chi connectivity index (χ2n) is 5.80. The fourth-order valence-corrected chi connectivity index (χ4v) is 3.75. The molecule has 0 aliphatic carbocycles. The number of fused-ring (bicyclic) bond motifs is 2. The minimum atomic E-state index is -0.337. The van der Waals surface area contributed by atoms with Crippen molar-refractivity contribution >= 4 is 43.4 Å². The summed E-state index contributed by atoms with van der Waals surface area (Å²) in [5.41, 5.74) is 1.93. The molecule has 1 N–H and O–H groups in total. The van der Waals surface area contributed by atoms with Crippen LogP contribution in [0, 0.1) is 0 Å². The predicted octanol–water partition coefficient (Wildman–Crippen LogP) is 1.85. The molecule has 0 fully saturated rings. The molecule has 0 aliphatic rings. The van der Waals surface area contributed by atoms with Crippen LogP contribution < -0.4 is 10.5 Å². The summed E-state index contributed by atoms with van der Waals surface area (Å²) in [6.45, 7) is 0.267. The number of H-pyrrole nitrogens is 1. The largest absolute Gasteiger partial charge is 0.310 e. The molecular weight excluding hydrogens is 378 g/mol. The minimum Gasteiger partial charge on any atom is -0.310 e. The van der Waals surface area contributed by atoms with Crippen molar-refractivity contribution in [3.63, 3.8) is 0 Å². The third-order valence-electron chi connectivity index (χ3n) is 4.07. The van der Waals surface area contributed by atoms with Crippen molar-refractivity contribution in [3.05, 3.63) is 65.1 Å². The molecule has 0 saturated heterocycles. The molecule has 0 saturated carbocycles. The first-order chi connectivity index (χ1) is 13.8. The van der Waals surface area contributed by atoms with Crippen molar-refractivity contribution in [2.75, 3.05) is 4.90 Å². The summed E-state index contributed by atoms with van der Waals surface area (Å²) in [6.07, 6.45) is 4.92. The third-order valence-corrected chi connectivity index (χ3v) is 5.08. The average molecular weight is 389 g/mol. The Morgan fingerprint density at radius 2 is 1.93 bits per heavy atom. The van der Waals surface area contributed by atoms with E-state index >= 15 is 0 Å². The van der Waals surface area contributed by atoms with Gasteiger partial charge in [0.15, 0.2) is 11.0 Å². The summed E-state index contributed by atoms with van der Waals surface area (Å²) in [7, 11) is 0. The molecule has 0 bridgehead atoms. The summed E-state index contributed by atoms with van der Waals surface area (Å²) in [4.78, 5) is 32.2. The van der Waals surface area contributed by atoms with E-state index in [1.54, 1.807) is 30.7 Å². The van der Waals surface area contributed by atoms with Crippen LogP contribution in [0.2, 0.25) is 0 Å². The van der Waals surface area contributed by atoms with Crippen LogP contribution in [0.25, 0.3) is 21.3 Å². The Kier molecular flexibility index (Phi) is 3.91. The molecule has 1 aromatic carbocycles. The molecular formula is C17H11N9OS. The number of aromatic amines is 1. The molecule has 5 aromatic rings. The first-order valence-corrected chi connectivity index (χ1v) is 9.06. The highest BCUT2D eigenvalue weighted by molar-refractivity contribution is 7.21. The van der Waals surface area contributed by atoms with Crippen LogP contribution in [-0.2, 0) is 6.54 Å². The summed E-state index contributed by atoms with van der Waals surface area (Å²) in [5.74, 6) is 0.460. The van der Waals surface area contributed by atoms with E-state index in [0.717, 1.165) is 16.7 Å². The maximum atomic E-state index is 12.5. The number of pyridine rings is 1. The van der Waals surface area contributed by atoms with Crippen molar-refractivity contribution in [1.82, 2.24) is 40.6 Å². The number of tetrazole rings is 1. The van der Waals surface area contributed by atoms with Crippen molar-refractivity contribution < 1.29 is 0 Å². The van der Waals surface area contributed by atoms with E-state index in [1.165, 1.54) is 11.3 Å². The Balaban J connectivity index is 1.68. The molecule has 4 heterocycles. The zero-order valence-electron chi connectivity index (χ0n) is 14.2. The highest BCUT2D eigenvalue weighted by Gasteiger charge is 2.18. The summed E-state index contributed by atoms with van der Waals surface area (Å²) >= 11 is 1.31. The Bertz CT molecular complexity index is 1340. The number of nitrogens with zero attached hydrogens (tertiary/aromatic N) is 8. The Hall–Kier alpha value is -3.86. The number of hydrogen-bond donors (Lipinski definition) is 1. The number of hydrogen-bond acceptors (Lipinski definition) is 10. The first kappa shape index (κ1) is 16.3. The van der Waals surface area contributed by atoms with Gasteiger partial charge in [-0.1, -0.05) is 16.6 Å². The van der Waals surface area contributed by atoms with Gasteiger partial charge >= 0.3 is 0 Å². The van der Waals surface area contributed by atoms with Crippen molar-refractivity contribution in [3.8, 4) is 0 Å². The summed E-state index contributed by atoms with van der Waals surface area (Å²) in [5, 5.41) is 15.0. The van der Waals surface area contributed by atoms with Gasteiger partial charge in [-0.05, 0) is 30.3 Å². The van der Waals surface area contributed by atoms with Crippen LogP contribution in [0.5, 0.6) is 0 Å². The number of anilines is 2. The second kappa shape index (κ2) is 6.70. The first-order valence-electron chi connectivity index (χ1n) is 8.24. The standard InChI is InChI=1S/C17H11N9OS/c27-15-11-2-1-5-20-16(11)28-17(21-15)26(9-14-22-24-25-23-14)10-3-4-12-13(8-10)19-7-6-18-12/h1-8H,9H2,(H,22,23,24,25). The molecule has 4 aromatic heterocycles. The van der Waals surface area contributed by atoms with E-state index < -0.39 is 0 Å². The third kappa shape index (κ3) is 2.93. The lowest BCUT2D eigenvalue weighted by Crippen LogP contribution is -2.21. The summed E-state index contributed by atoms with van der Waals surface area (Å²) in [6, 6.07) is 9.06. The molecule has 10 nitrogen and oxygen atoms in total. The number of aromatic nitrogens is 8. The lowest BCUT2D eigenvalue weighted by atomic mass is 10.2. The van der Waals surface area contributed by atoms with Gasteiger partial charge in [0.2, 0.25) is 0 Å². The Labute approximate surface area is 160 Å². The maximum Gasteiger partial charge on any atom is 0.282 e. The number of nitrogens with one attached hydrogen (secondary N) is 1. The van der Waals surface area contributed by atoms with E-state index in [-0.39, 0.29) is 12.1 Å². The van der Waals surface area contributed by atoms with Crippen molar-refractivity contribution in [2.24, 2.45) is 0 Å². The van der Waals surface area contributed by atoms with E-state index in [0.29, 0.717) is 21.2 Å². The molecule has 0 radical (unpaired) electrons. The lowest BCUT2D eigenvalue weighted by molar-refractivity contribution is 0.869. The molecule has 0 atom stereocenters. The van der Waals surface area contributed by atoms with Gasteiger partial charge in [-0.3, -0.25) is 14.8 Å². The van der Waals surface area contributed by atoms with E-state index in [4.69, 9.17) is 0 Å². The SMILES string of the molecule is O=c1nc(N(Cc2nn[nH]n2)c2ccc3nccnc3c2)sc2ncccc12. The molecule has 0 spiro atoms. The zero-order valence-corrected chi connectivity index (χ0v) is 15.0. The van der Waals surface area contributed by atoms with E-state index in [9.17, 15) is 4.79 Å². The van der Waals surface area contributed by atoms with Gasteiger partial charge < -0.3 is 4.90 Å². The van der Waals surface area contributed by atoms with Crippen LogP contribution in [0.15, 0.2) is 53.7 Å². The number of benzene rings is 1. The van der Waals surface area contributed by atoms with Gasteiger partial charge in [0.05, 0.1) is 23.0 Å². The highest BCUT2D eigenvalue weighted by atomic mass is 32.1. The predicted molar refractivity (Wildman–Crippen MR) is 103 cm³/mol. The van der Waals surface area contributed by atoms with Gasteiger partial charge in [0, 0.05) is 24.3 Å². The van der Waals surface area contributed by atoms with Crippen molar-refractivity contribution in [2.45, 2.75) is 6.54 Å². The monoisotopic (exact) mass is 389 g/mol. The van der Waals surface area contributed by atoms with E-state index in [2.05, 4.69) is 40.6 Å². The number of rotatable bonds is 4. The van der Waals surface area contributed by atoms with Gasteiger partial charge in [0.25, 0.3) is 5.56 Å². The minimum absolute atomic E-state index is 0.267. The molecule has 0 amide bonds. The smallest absolute Gasteiger partial charge is 0.282 e. The Morgan fingerprint density at radius 3 is 2.79 bits per heavy atom. The van der Waals surface area contributed by atoms with Crippen LogP contribution in [0.1, 0.15) is 5.82 Å². The zero-order chi connectivity index (χ0) is 18.9. The van der Waals surface area contributed by atoms with Crippen LogP contribution in [0.3, 0.4) is 0 Å². The molecule has 5 rings (SSSR count). The normalized spacial score (nSPS) is 11.1. The van der Waals surface area contributed by atoms with Gasteiger partial charge in [-0.15, -0.1) is 10.2 Å². The topological polar surface area (TPSA) is 126 Å². The van der Waals surface area contributed by atoms with Gasteiger partial charge in [0.1, 0.15) is 4.83 Å². The quantitative estimate of drug-likeness (QED) is 0.490. The molecule has 0 aliphatic heterocycles. The van der Waals surface area contributed by atoms with Crippen LogP contribution in [-0.4, -0.2) is 40.6 Å².